The summed E-state index contributed by atoms with van der Waals surface area (Å²) in [5.74, 6) is -0.623. The zero-order valence-electron chi connectivity index (χ0n) is 9.30. The maximum Gasteiger partial charge on any atom is 0.335 e. The first-order valence-corrected chi connectivity index (χ1v) is 5.28. The number of hydrogen-bond donors (Lipinski definition) is 2. The highest BCUT2D eigenvalue weighted by Crippen LogP contribution is 2.16. The minimum absolute atomic E-state index is 0.223. The van der Waals surface area contributed by atoms with Crippen molar-refractivity contribution in [2.75, 3.05) is 6.54 Å². The van der Waals surface area contributed by atoms with E-state index in [2.05, 4.69) is 0 Å². The Bertz CT molecular complexity index is 326. The summed E-state index contributed by atoms with van der Waals surface area (Å²) in [6.45, 7) is 2.03. The molecule has 2 atom stereocenters. The van der Waals surface area contributed by atoms with E-state index < -0.39 is 12.1 Å². The molecule has 88 valence electrons. The third-order valence-corrected chi connectivity index (χ3v) is 2.27. The van der Waals surface area contributed by atoms with Gasteiger partial charge in [0.2, 0.25) is 0 Å². The molecule has 0 aromatic heterocycles. The standard InChI is InChI=1S/C12H17NO3/c1-9(10-5-3-2-4-6-10)16-12(15)11(14)7-8-13/h2-6,9,11,14H,7-8,13H2,1H3. The van der Waals surface area contributed by atoms with Crippen LogP contribution in [-0.2, 0) is 9.53 Å². The number of aliphatic hydroxyl groups is 1. The van der Waals surface area contributed by atoms with Crippen molar-refractivity contribution in [3.63, 3.8) is 0 Å². The van der Waals surface area contributed by atoms with Crippen molar-refractivity contribution in [2.45, 2.75) is 25.6 Å². The molecule has 0 saturated carbocycles. The van der Waals surface area contributed by atoms with Gasteiger partial charge in [0, 0.05) is 0 Å². The lowest BCUT2D eigenvalue weighted by Gasteiger charge is -2.16. The average molecular weight is 223 g/mol. The van der Waals surface area contributed by atoms with Crippen LogP contribution in [0.15, 0.2) is 30.3 Å². The second kappa shape index (κ2) is 6.25. The van der Waals surface area contributed by atoms with Gasteiger partial charge in [-0.2, -0.15) is 0 Å². The van der Waals surface area contributed by atoms with Gasteiger partial charge in [-0.15, -0.1) is 0 Å². The van der Waals surface area contributed by atoms with Gasteiger partial charge in [0.25, 0.3) is 0 Å². The number of rotatable bonds is 5. The van der Waals surface area contributed by atoms with Gasteiger partial charge in [-0.1, -0.05) is 30.3 Å². The summed E-state index contributed by atoms with van der Waals surface area (Å²) in [5, 5.41) is 9.36. The molecule has 0 bridgehead atoms. The van der Waals surface area contributed by atoms with Crippen LogP contribution in [-0.4, -0.2) is 23.7 Å². The first-order valence-electron chi connectivity index (χ1n) is 5.28. The number of aliphatic hydroxyl groups excluding tert-OH is 1. The minimum Gasteiger partial charge on any atom is -0.456 e. The Balaban J connectivity index is 2.51. The highest BCUT2D eigenvalue weighted by atomic mass is 16.6. The van der Waals surface area contributed by atoms with E-state index in [1.165, 1.54) is 0 Å². The topological polar surface area (TPSA) is 72.5 Å². The molecule has 0 aliphatic heterocycles. The van der Waals surface area contributed by atoms with Crippen molar-refractivity contribution in [1.29, 1.82) is 0 Å². The predicted molar refractivity (Wildman–Crippen MR) is 60.6 cm³/mol. The number of benzene rings is 1. The lowest BCUT2D eigenvalue weighted by atomic mass is 10.1. The van der Waals surface area contributed by atoms with E-state index >= 15 is 0 Å². The summed E-state index contributed by atoms with van der Waals surface area (Å²) < 4.78 is 5.11. The van der Waals surface area contributed by atoms with E-state index in [-0.39, 0.29) is 19.1 Å². The van der Waals surface area contributed by atoms with Crippen molar-refractivity contribution in [3.05, 3.63) is 35.9 Å². The molecule has 2 unspecified atom stereocenters. The maximum atomic E-state index is 11.4. The summed E-state index contributed by atoms with van der Waals surface area (Å²) in [6.07, 6.45) is -1.27. The monoisotopic (exact) mass is 223 g/mol. The van der Waals surface area contributed by atoms with Crippen LogP contribution in [0.4, 0.5) is 0 Å². The third kappa shape index (κ3) is 3.64. The van der Waals surface area contributed by atoms with Crippen molar-refractivity contribution in [3.8, 4) is 0 Å². The first kappa shape index (κ1) is 12.7. The molecular weight excluding hydrogens is 206 g/mol. The summed E-state index contributed by atoms with van der Waals surface area (Å²) in [6, 6.07) is 9.37. The maximum absolute atomic E-state index is 11.4. The minimum atomic E-state index is -1.13. The van der Waals surface area contributed by atoms with Gasteiger partial charge in [0.05, 0.1) is 0 Å². The molecule has 0 radical (unpaired) electrons. The molecule has 0 saturated heterocycles. The van der Waals surface area contributed by atoms with Gasteiger partial charge in [-0.05, 0) is 25.5 Å². The molecule has 16 heavy (non-hydrogen) atoms. The van der Waals surface area contributed by atoms with Gasteiger partial charge in [-0.3, -0.25) is 0 Å². The van der Waals surface area contributed by atoms with Gasteiger partial charge < -0.3 is 15.6 Å². The fourth-order valence-corrected chi connectivity index (χ4v) is 1.32. The third-order valence-electron chi connectivity index (χ3n) is 2.27. The summed E-state index contributed by atoms with van der Waals surface area (Å²) in [4.78, 5) is 11.4. The van der Waals surface area contributed by atoms with E-state index in [4.69, 9.17) is 10.5 Å². The van der Waals surface area contributed by atoms with E-state index in [1.807, 2.05) is 30.3 Å². The molecule has 0 spiro atoms. The number of carbonyl (C=O) groups excluding carboxylic acids is 1. The largest absolute Gasteiger partial charge is 0.456 e. The summed E-state index contributed by atoms with van der Waals surface area (Å²) >= 11 is 0. The van der Waals surface area contributed by atoms with Gasteiger partial charge in [0.15, 0.2) is 6.10 Å². The molecule has 1 rings (SSSR count). The average Bonchev–Trinajstić information content (AvgIpc) is 2.30. The van der Waals surface area contributed by atoms with Crippen LogP contribution < -0.4 is 5.73 Å². The fourth-order valence-electron chi connectivity index (χ4n) is 1.32. The Hall–Kier alpha value is -1.39. The Kier molecular flexibility index (Phi) is 4.95. The Morgan fingerprint density at radius 2 is 2.06 bits per heavy atom. The lowest BCUT2D eigenvalue weighted by Crippen LogP contribution is -2.26. The molecule has 4 nitrogen and oxygen atoms in total. The quantitative estimate of drug-likeness (QED) is 0.730. The van der Waals surface area contributed by atoms with Crippen LogP contribution in [0.1, 0.15) is 25.0 Å². The molecular formula is C12H17NO3. The van der Waals surface area contributed by atoms with Crippen molar-refractivity contribution >= 4 is 5.97 Å². The Morgan fingerprint density at radius 3 is 2.62 bits per heavy atom. The van der Waals surface area contributed by atoms with E-state index in [0.29, 0.717) is 0 Å². The van der Waals surface area contributed by atoms with Crippen molar-refractivity contribution in [2.24, 2.45) is 5.73 Å². The highest BCUT2D eigenvalue weighted by Gasteiger charge is 2.18. The van der Waals surface area contributed by atoms with Crippen molar-refractivity contribution in [1.82, 2.24) is 0 Å². The van der Waals surface area contributed by atoms with E-state index in [9.17, 15) is 9.90 Å². The summed E-state index contributed by atoms with van der Waals surface area (Å²) in [7, 11) is 0. The Labute approximate surface area is 95.0 Å². The molecule has 0 fully saturated rings. The molecule has 0 aliphatic carbocycles. The fraction of sp³-hybridized carbons (Fsp3) is 0.417. The van der Waals surface area contributed by atoms with Crippen LogP contribution in [0.25, 0.3) is 0 Å². The predicted octanol–water partition coefficient (Wildman–Crippen LogP) is 1.00. The molecule has 0 amide bonds. The van der Waals surface area contributed by atoms with Gasteiger partial charge >= 0.3 is 5.97 Å². The number of ether oxygens (including phenoxy) is 1. The normalized spacial score (nSPS) is 14.2. The summed E-state index contributed by atoms with van der Waals surface area (Å²) in [5.41, 5.74) is 6.14. The van der Waals surface area contributed by atoms with Crippen molar-refractivity contribution < 1.29 is 14.6 Å². The molecule has 4 heteroatoms. The van der Waals surface area contributed by atoms with E-state index in [1.54, 1.807) is 6.92 Å². The number of nitrogens with two attached hydrogens (primary N) is 1. The Morgan fingerprint density at radius 1 is 1.44 bits per heavy atom. The smallest absolute Gasteiger partial charge is 0.335 e. The number of esters is 1. The van der Waals surface area contributed by atoms with Crippen LogP contribution in [0, 0.1) is 0 Å². The van der Waals surface area contributed by atoms with Gasteiger partial charge in [0.1, 0.15) is 6.10 Å². The number of carbonyl (C=O) groups is 1. The highest BCUT2D eigenvalue weighted by molar-refractivity contribution is 5.74. The lowest BCUT2D eigenvalue weighted by molar-refractivity contribution is -0.158. The second-order valence-corrected chi connectivity index (χ2v) is 3.58. The number of hydrogen-bond acceptors (Lipinski definition) is 4. The van der Waals surface area contributed by atoms with Crippen LogP contribution in [0.5, 0.6) is 0 Å². The second-order valence-electron chi connectivity index (χ2n) is 3.58. The molecule has 0 aliphatic rings. The van der Waals surface area contributed by atoms with Crippen LogP contribution in [0.3, 0.4) is 0 Å². The van der Waals surface area contributed by atoms with E-state index in [0.717, 1.165) is 5.56 Å². The zero-order chi connectivity index (χ0) is 12.0. The molecule has 1 aromatic rings. The molecule has 0 heterocycles. The SMILES string of the molecule is CC(OC(=O)C(O)CCN)c1ccccc1. The molecule has 3 N–H and O–H groups in total. The van der Waals surface area contributed by atoms with Gasteiger partial charge in [-0.25, -0.2) is 4.79 Å². The first-order chi connectivity index (χ1) is 7.65. The van der Waals surface area contributed by atoms with Crippen LogP contribution in [0.2, 0.25) is 0 Å². The van der Waals surface area contributed by atoms with Crippen LogP contribution >= 0.6 is 0 Å². The zero-order valence-corrected chi connectivity index (χ0v) is 9.30. The molecule has 1 aromatic carbocycles.